The summed E-state index contributed by atoms with van der Waals surface area (Å²) in [6, 6.07) is 3.95. The molecule has 0 bridgehead atoms. The fraction of sp³-hybridized carbons (Fsp3) is 0.500. The number of rotatable bonds is 3. The van der Waals surface area contributed by atoms with E-state index in [2.05, 4.69) is 0 Å². The normalized spacial score (nSPS) is 17.8. The summed E-state index contributed by atoms with van der Waals surface area (Å²) in [7, 11) is 1.59. The highest BCUT2D eigenvalue weighted by molar-refractivity contribution is 5.94. The summed E-state index contributed by atoms with van der Waals surface area (Å²) in [5.74, 6) is -0.960. The lowest BCUT2D eigenvalue weighted by atomic mass is 9.93. The molecule has 1 aliphatic heterocycles. The highest BCUT2D eigenvalue weighted by Gasteiger charge is 2.32. The van der Waals surface area contributed by atoms with Crippen LogP contribution >= 0.6 is 0 Å². The maximum atomic E-state index is 13.4. The van der Waals surface area contributed by atoms with Gasteiger partial charge < -0.3 is 20.5 Å². The minimum absolute atomic E-state index is 0.00672. The molecule has 5 nitrogen and oxygen atoms in total. The van der Waals surface area contributed by atoms with Crippen LogP contribution in [-0.4, -0.2) is 48.3 Å². The van der Waals surface area contributed by atoms with E-state index < -0.39 is 11.4 Å². The van der Waals surface area contributed by atoms with E-state index in [-0.39, 0.29) is 23.7 Å². The number of aliphatic hydroxyl groups is 1. The van der Waals surface area contributed by atoms with Crippen LogP contribution in [0.25, 0.3) is 0 Å². The summed E-state index contributed by atoms with van der Waals surface area (Å²) in [5, 5.41) is 10.4. The van der Waals surface area contributed by atoms with Crippen molar-refractivity contribution in [2.45, 2.75) is 18.4 Å². The molecule has 110 valence electrons. The van der Waals surface area contributed by atoms with Crippen LogP contribution in [0.4, 0.5) is 10.1 Å². The zero-order chi connectivity index (χ0) is 14.8. The van der Waals surface area contributed by atoms with E-state index in [1.165, 1.54) is 17.0 Å². The van der Waals surface area contributed by atoms with Gasteiger partial charge in [-0.05, 0) is 18.2 Å². The summed E-state index contributed by atoms with van der Waals surface area (Å²) in [4.78, 5) is 13.6. The summed E-state index contributed by atoms with van der Waals surface area (Å²) in [6.07, 6.45) is 0.974. The highest BCUT2D eigenvalue weighted by atomic mass is 19.1. The number of hydrogen-bond donors (Lipinski definition) is 2. The number of amides is 1. The average Bonchev–Trinajstić information content (AvgIpc) is 2.41. The lowest BCUT2D eigenvalue weighted by Crippen LogP contribution is -2.47. The van der Waals surface area contributed by atoms with Crippen molar-refractivity contribution in [2.75, 3.05) is 32.5 Å². The standard InChI is InChI=1S/C14H19FN2O3/c1-17(9-14(19)4-6-20-7-5-14)13(18)10-2-3-12(16)11(15)8-10/h2-3,8,19H,4-7,9,16H2,1H3. The molecule has 0 spiro atoms. The van der Waals surface area contributed by atoms with Crippen LogP contribution in [0.3, 0.4) is 0 Å². The molecule has 1 aromatic carbocycles. The van der Waals surface area contributed by atoms with Gasteiger partial charge in [0.2, 0.25) is 0 Å². The number of carbonyl (C=O) groups excluding carboxylic acids is 1. The van der Waals surface area contributed by atoms with Gasteiger partial charge in [0.15, 0.2) is 0 Å². The number of benzene rings is 1. The Morgan fingerprint density at radius 3 is 2.75 bits per heavy atom. The molecule has 20 heavy (non-hydrogen) atoms. The fourth-order valence-electron chi connectivity index (χ4n) is 2.30. The summed E-state index contributed by atoms with van der Waals surface area (Å²) in [6.45, 7) is 1.16. The van der Waals surface area contributed by atoms with Crippen LogP contribution in [0.2, 0.25) is 0 Å². The number of ether oxygens (including phenoxy) is 1. The zero-order valence-electron chi connectivity index (χ0n) is 11.4. The first-order valence-electron chi connectivity index (χ1n) is 6.52. The van der Waals surface area contributed by atoms with Gasteiger partial charge in [-0.25, -0.2) is 4.39 Å². The molecule has 0 aromatic heterocycles. The molecule has 0 aliphatic carbocycles. The largest absolute Gasteiger partial charge is 0.396 e. The molecule has 3 N–H and O–H groups in total. The van der Waals surface area contributed by atoms with Crippen molar-refractivity contribution < 1.29 is 19.0 Å². The molecule has 0 saturated carbocycles. The highest BCUT2D eigenvalue weighted by Crippen LogP contribution is 2.22. The van der Waals surface area contributed by atoms with Gasteiger partial charge in [0.1, 0.15) is 5.82 Å². The molecule has 1 saturated heterocycles. The first kappa shape index (κ1) is 14.7. The molecule has 6 heteroatoms. The van der Waals surface area contributed by atoms with E-state index in [0.29, 0.717) is 26.1 Å². The van der Waals surface area contributed by atoms with E-state index in [1.54, 1.807) is 7.05 Å². The Balaban J connectivity index is 2.06. The molecule has 2 rings (SSSR count). The monoisotopic (exact) mass is 282 g/mol. The maximum Gasteiger partial charge on any atom is 0.253 e. The van der Waals surface area contributed by atoms with Crippen molar-refractivity contribution in [1.29, 1.82) is 0 Å². The number of nitrogens with zero attached hydrogens (tertiary/aromatic N) is 1. The third kappa shape index (κ3) is 3.26. The first-order valence-corrected chi connectivity index (χ1v) is 6.52. The number of halogens is 1. The molecule has 1 heterocycles. The van der Waals surface area contributed by atoms with Crippen LogP contribution in [0.5, 0.6) is 0 Å². The molecule has 1 aliphatic rings. The van der Waals surface area contributed by atoms with Crippen LogP contribution in [-0.2, 0) is 4.74 Å². The van der Waals surface area contributed by atoms with Crippen molar-refractivity contribution in [2.24, 2.45) is 0 Å². The minimum atomic E-state index is -0.936. The van der Waals surface area contributed by atoms with E-state index >= 15 is 0 Å². The molecule has 1 amide bonds. The smallest absolute Gasteiger partial charge is 0.253 e. The molecular weight excluding hydrogens is 263 g/mol. The summed E-state index contributed by atoms with van der Waals surface area (Å²) >= 11 is 0. The second-order valence-electron chi connectivity index (χ2n) is 5.23. The van der Waals surface area contributed by atoms with Gasteiger partial charge >= 0.3 is 0 Å². The van der Waals surface area contributed by atoms with Crippen molar-refractivity contribution in [1.82, 2.24) is 4.90 Å². The second-order valence-corrected chi connectivity index (χ2v) is 5.23. The van der Waals surface area contributed by atoms with Gasteiger partial charge in [-0.2, -0.15) is 0 Å². The lowest BCUT2D eigenvalue weighted by molar-refractivity contribution is -0.0734. The molecule has 0 unspecified atom stereocenters. The fourth-order valence-corrected chi connectivity index (χ4v) is 2.30. The van der Waals surface area contributed by atoms with Crippen LogP contribution in [0.15, 0.2) is 18.2 Å². The van der Waals surface area contributed by atoms with Gasteiger partial charge in [-0.3, -0.25) is 4.79 Å². The van der Waals surface area contributed by atoms with E-state index in [4.69, 9.17) is 10.5 Å². The molecule has 1 aromatic rings. The lowest BCUT2D eigenvalue weighted by Gasteiger charge is -2.35. The zero-order valence-corrected chi connectivity index (χ0v) is 11.4. The maximum absolute atomic E-state index is 13.4. The SMILES string of the molecule is CN(CC1(O)CCOCC1)C(=O)c1ccc(N)c(F)c1. The number of carbonyl (C=O) groups is 1. The second kappa shape index (κ2) is 5.76. The van der Waals surface area contributed by atoms with Crippen LogP contribution in [0.1, 0.15) is 23.2 Å². The summed E-state index contributed by atoms with van der Waals surface area (Å²) < 4.78 is 18.6. The molecule has 1 fully saturated rings. The number of nitrogen functional groups attached to an aromatic ring is 1. The molecule has 0 atom stereocenters. The number of nitrogens with two attached hydrogens (primary N) is 1. The number of hydrogen-bond acceptors (Lipinski definition) is 4. The Labute approximate surface area is 117 Å². The van der Waals surface area contributed by atoms with E-state index in [1.807, 2.05) is 0 Å². The van der Waals surface area contributed by atoms with Crippen LogP contribution < -0.4 is 5.73 Å². The Hall–Kier alpha value is -1.66. The quantitative estimate of drug-likeness (QED) is 0.812. The van der Waals surface area contributed by atoms with Gasteiger partial charge in [-0.1, -0.05) is 0 Å². The van der Waals surface area contributed by atoms with Gasteiger partial charge in [0, 0.05) is 45.2 Å². The Morgan fingerprint density at radius 1 is 1.50 bits per heavy atom. The van der Waals surface area contributed by atoms with Gasteiger partial charge in [-0.15, -0.1) is 0 Å². The topological polar surface area (TPSA) is 75.8 Å². The van der Waals surface area contributed by atoms with Crippen molar-refractivity contribution in [3.05, 3.63) is 29.6 Å². The predicted octanol–water partition coefficient (Wildman–Crippen LogP) is 1.02. The van der Waals surface area contributed by atoms with E-state index in [0.717, 1.165) is 6.07 Å². The van der Waals surface area contributed by atoms with Crippen molar-refractivity contribution >= 4 is 11.6 Å². The van der Waals surface area contributed by atoms with Crippen LogP contribution in [0, 0.1) is 5.82 Å². The number of likely N-dealkylation sites (N-methyl/N-ethyl adjacent to an activating group) is 1. The minimum Gasteiger partial charge on any atom is -0.396 e. The average molecular weight is 282 g/mol. The third-order valence-corrected chi connectivity index (χ3v) is 3.55. The third-order valence-electron chi connectivity index (χ3n) is 3.55. The summed E-state index contributed by atoms with van der Waals surface area (Å²) in [5.41, 5.74) is 4.67. The Morgan fingerprint density at radius 2 is 2.15 bits per heavy atom. The van der Waals surface area contributed by atoms with Gasteiger partial charge in [0.05, 0.1) is 11.3 Å². The van der Waals surface area contributed by atoms with Crippen molar-refractivity contribution in [3.8, 4) is 0 Å². The Bertz CT molecular complexity index is 501. The number of anilines is 1. The van der Waals surface area contributed by atoms with E-state index in [9.17, 15) is 14.3 Å². The van der Waals surface area contributed by atoms with Gasteiger partial charge in [0.25, 0.3) is 5.91 Å². The first-order chi connectivity index (χ1) is 9.41. The van der Waals surface area contributed by atoms with Crippen molar-refractivity contribution in [3.63, 3.8) is 0 Å². The molecule has 0 radical (unpaired) electrons. The molecular formula is C14H19FN2O3. The Kier molecular flexibility index (Phi) is 4.25. The predicted molar refractivity (Wildman–Crippen MR) is 72.8 cm³/mol.